The zero-order valence-electron chi connectivity index (χ0n) is 10.0. The highest BCUT2D eigenvalue weighted by Crippen LogP contribution is 2.34. The largest absolute Gasteiger partial charge is 0.478 e. The van der Waals surface area contributed by atoms with Gasteiger partial charge in [0.2, 0.25) is 0 Å². The van der Waals surface area contributed by atoms with Crippen LogP contribution in [-0.2, 0) is 0 Å². The number of nitrogens with zero attached hydrogens (tertiary/aromatic N) is 2. The lowest BCUT2D eigenvalue weighted by atomic mass is 10.1. The maximum Gasteiger partial charge on any atom is 0.338 e. The summed E-state index contributed by atoms with van der Waals surface area (Å²) in [5.74, 6) is -1.23. The second-order valence-electron chi connectivity index (χ2n) is 3.56. The van der Waals surface area contributed by atoms with Crippen LogP contribution < -0.4 is 4.90 Å². The van der Waals surface area contributed by atoms with Crippen LogP contribution in [-0.4, -0.2) is 29.1 Å². The number of carbonyl (C=O) groups is 1. The molecule has 1 rings (SSSR count). The average molecular weight is 273 g/mol. The molecule has 18 heavy (non-hydrogen) atoms. The second-order valence-corrected chi connectivity index (χ2v) is 3.97. The van der Waals surface area contributed by atoms with Crippen molar-refractivity contribution in [2.75, 3.05) is 18.0 Å². The zero-order valence-corrected chi connectivity index (χ0v) is 10.8. The molecule has 7 heteroatoms. The Kier molecular flexibility index (Phi) is 4.49. The minimum Gasteiger partial charge on any atom is -0.478 e. The van der Waals surface area contributed by atoms with Gasteiger partial charge in [-0.25, -0.2) is 4.79 Å². The van der Waals surface area contributed by atoms with Gasteiger partial charge in [-0.05, 0) is 13.8 Å². The van der Waals surface area contributed by atoms with Gasteiger partial charge < -0.3 is 10.0 Å². The molecule has 0 aliphatic rings. The lowest BCUT2D eigenvalue weighted by Gasteiger charge is -2.23. The van der Waals surface area contributed by atoms with Gasteiger partial charge in [-0.2, -0.15) is 0 Å². The molecule has 0 heterocycles. The molecule has 0 saturated heterocycles. The number of benzene rings is 1. The highest BCUT2D eigenvalue weighted by Gasteiger charge is 2.22. The maximum atomic E-state index is 11.2. The van der Waals surface area contributed by atoms with E-state index in [0.29, 0.717) is 18.8 Å². The molecule has 1 N–H and O–H groups in total. The molecule has 0 radical (unpaired) electrons. The number of hydrogen-bond donors (Lipinski definition) is 1. The van der Waals surface area contributed by atoms with Gasteiger partial charge >= 0.3 is 5.97 Å². The van der Waals surface area contributed by atoms with Crippen molar-refractivity contribution in [2.45, 2.75) is 13.8 Å². The van der Waals surface area contributed by atoms with Gasteiger partial charge in [0.05, 0.1) is 21.2 Å². The summed E-state index contributed by atoms with van der Waals surface area (Å²) in [7, 11) is 0. The molecule has 0 bridgehead atoms. The van der Waals surface area contributed by atoms with Crippen molar-refractivity contribution in [2.24, 2.45) is 0 Å². The van der Waals surface area contributed by atoms with E-state index < -0.39 is 10.9 Å². The summed E-state index contributed by atoms with van der Waals surface area (Å²) in [4.78, 5) is 22.9. The Bertz CT molecular complexity index is 486. The van der Waals surface area contributed by atoms with E-state index in [2.05, 4.69) is 0 Å². The number of rotatable bonds is 5. The minimum atomic E-state index is -1.23. The lowest BCUT2D eigenvalue weighted by Crippen LogP contribution is -2.24. The first-order valence-corrected chi connectivity index (χ1v) is 5.76. The highest BCUT2D eigenvalue weighted by atomic mass is 35.5. The molecule has 98 valence electrons. The van der Waals surface area contributed by atoms with Crippen molar-refractivity contribution in [3.63, 3.8) is 0 Å². The number of carboxylic acid groups (broad SMARTS) is 1. The number of hydrogen-bond acceptors (Lipinski definition) is 4. The van der Waals surface area contributed by atoms with Gasteiger partial charge in [-0.3, -0.25) is 10.1 Å². The fourth-order valence-electron chi connectivity index (χ4n) is 1.71. The first kappa shape index (κ1) is 14.2. The van der Waals surface area contributed by atoms with Crippen LogP contribution in [0.5, 0.6) is 0 Å². The van der Waals surface area contributed by atoms with Gasteiger partial charge in [0, 0.05) is 25.2 Å². The van der Waals surface area contributed by atoms with E-state index in [9.17, 15) is 14.9 Å². The quantitative estimate of drug-likeness (QED) is 0.658. The van der Waals surface area contributed by atoms with Gasteiger partial charge in [0.15, 0.2) is 0 Å². The minimum absolute atomic E-state index is 0.0744. The van der Waals surface area contributed by atoms with Crippen LogP contribution in [0.3, 0.4) is 0 Å². The van der Waals surface area contributed by atoms with Gasteiger partial charge in [0.25, 0.3) is 5.69 Å². The molecular formula is C11H13ClN2O4. The fourth-order valence-corrected chi connectivity index (χ4v) is 2.05. The van der Waals surface area contributed by atoms with Crippen LogP contribution in [0.1, 0.15) is 24.2 Å². The predicted octanol–water partition coefficient (Wildman–Crippen LogP) is 2.79. The molecule has 0 aliphatic heterocycles. The number of nitro groups is 1. The number of aromatic carboxylic acids is 1. The lowest BCUT2D eigenvalue weighted by molar-refractivity contribution is -0.384. The molecule has 0 spiro atoms. The Balaban J connectivity index is 3.50. The molecular weight excluding hydrogens is 260 g/mol. The average Bonchev–Trinajstić information content (AvgIpc) is 2.31. The summed E-state index contributed by atoms with van der Waals surface area (Å²) >= 11 is 5.97. The summed E-state index contributed by atoms with van der Waals surface area (Å²) in [6.07, 6.45) is 0. The maximum absolute atomic E-state index is 11.2. The van der Waals surface area contributed by atoms with Crippen LogP contribution in [0.15, 0.2) is 12.1 Å². The molecule has 0 amide bonds. The molecule has 6 nitrogen and oxygen atoms in total. The highest BCUT2D eigenvalue weighted by molar-refractivity contribution is 6.34. The summed E-state index contributed by atoms with van der Waals surface area (Å²) in [6.45, 7) is 4.84. The van der Waals surface area contributed by atoms with E-state index in [1.54, 1.807) is 4.90 Å². The smallest absolute Gasteiger partial charge is 0.338 e. The van der Waals surface area contributed by atoms with Crippen molar-refractivity contribution in [3.05, 3.63) is 32.8 Å². The molecule has 0 saturated carbocycles. The van der Waals surface area contributed by atoms with Crippen molar-refractivity contribution >= 4 is 28.9 Å². The first-order chi connectivity index (χ1) is 8.42. The third-order valence-electron chi connectivity index (χ3n) is 2.57. The van der Waals surface area contributed by atoms with E-state index in [-0.39, 0.29) is 16.3 Å². The molecule has 0 unspecified atom stereocenters. The topological polar surface area (TPSA) is 83.7 Å². The number of carboxylic acids is 1. The number of anilines is 1. The Morgan fingerprint density at radius 1 is 1.44 bits per heavy atom. The number of halogens is 1. The Morgan fingerprint density at radius 3 is 2.39 bits per heavy atom. The summed E-state index contributed by atoms with van der Waals surface area (Å²) in [6, 6.07) is 2.20. The summed E-state index contributed by atoms with van der Waals surface area (Å²) in [5, 5.41) is 19.9. The Labute approximate surface area is 109 Å². The van der Waals surface area contributed by atoms with E-state index in [1.165, 1.54) is 6.07 Å². The Hall–Kier alpha value is -1.82. The van der Waals surface area contributed by atoms with Crippen molar-refractivity contribution in [3.8, 4) is 0 Å². The fraction of sp³-hybridized carbons (Fsp3) is 0.364. The van der Waals surface area contributed by atoms with Crippen LogP contribution >= 0.6 is 11.6 Å². The van der Waals surface area contributed by atoms with E-state index in [1.807, 2.05) is 13.8 Å². The van der Waals surface area contributed by atoms with Crippen LogP contribution in [0, 0.1) is 10.1 Å². The number of non-ortho nitro benzene ring substituents is 1. The molecule has 0 fully saturated rings. The first-order valence-electron chi connectivity index (χ1n) is 5.38. The van der Waals surface area contributed by atoms with Gasteiger partial charge in [-0.1, -0.05) is 11.6 Å². The number of nitro benzene ring substituents is 1. The van der Waals surface area contributed by atoms with Crippen molar-refractivity contribution in [1.29, 1.82) is 0 Å². The van der Waals surface area contributed by atoms with Crippen molar-refractivity contribution in [1.82, 2.24) is 0 Å². The molecule has 0 atom stereocenters. The molecule has 0 aromatic heterocycles. The van der Waals surface area contributed by atoms with Gasteiger partial charge in [0.1, 0.15) is 0 Å². The second kappa shape index (κ2) is 5.68. The van der Waals surface area contributed by atoms with Crippen molar-refractivity contribution < 1.29 is 14.8 Å². The SMILES string of the molecule is CCN(CC)c1c(Cl)cc([N+](=O)[O-])cc1C(=O)O. The zero-order chi connectivity index (χ0) is 13.9. The molecule has 0 aliphatic carbocycles. The predicted molar refractivity (Wildman–Crippen MR) is 68.6 cm³/mol. The third-order valence-corrected chi connectivity index (χ3v) is 2.86. The normalized spacial score (nSPS) is 10.2. The van der Waals surface area contributed by atoms with E-state index in [4.69, 9.17) is 16.7 Å². The third kappa shape index (κ3) is 2.70. The molecule has 1 aromatic carbocycles. The summed E-state index contributed by atoms with van der Waals surface area (Å²) < 4.78 is 0. The van der Waals surface area contributed by atoms with Crippen LogP contribution in [0.25, 0.3) is 0 Å². The standard InChI is InChI=1S/C11H13ClN2O4/c1-3-13(4-2)10-8(11(15)16)5-7(14(17)18)6-9(10)12/h5-6H,3-4H2,1-2H3,(H,15,16). The van der Waals surface area contributed by atoms with E-state index >= 15 is 0 Å². The van der Waals surface area contributed by atoms with Gasteiger partial charge in [-0.15, -0.1) is 0 Å². The monoisotopic (exact) mass is 272 g/mol. The van der Waals surface area contributed by atoms with E-state index in [0.717, 1.165) is 6.07 Å². The Morgan fingerprint density at radius 2 is 2.00 bits per heavy atom. The summed E-state index contributed by atoms with van der Waals surface area (Å²) in [5.41, 5.74) is -0.161. The van der Waals surface area contributed by atoms with Crippen LogP contribution in [0.4, 0.5) is 11.4 Å². The molecule has 1 aromatic rings. The van der Waals surface area contributed by atoms with Crippen LogP contribution in [0.2, 0.25) is 5.02 Å².